The number of carbonyl (C=O) groups is 13. The Bertz CT molecular complexity index is 3660. The third-order valence-electron chi connectivity index (χ3n) is 15.9. The Balaban J connectivity index is 0.000000374. The predicted octanol–water partition coefficient (Wildman–Crippen LogP) is 7.22. The molecular formula is C70H82N6O19. The Morgan fingerprint density at radius 1 is 0.516 bits per heavy atom. The molecule has 4 aromatic carbocycles. The number of hydrogen-bond acceptors (Lipinski definition) is 17. The van der Waals surface area contributed by atoms with Gasteiger partial charge < -0.3 is 60.8 Å². The number of fused-ring (bicyclic) bond motifs is 7. The maximum atomic E-state index is 13.7. The quantitative estimate of drug-likeness (QED) is 0.0111. The van der Waals surface area contributed by atoms with Crippen LogP contribution in [-0.4, -0.2) is 118 Å². The number of amides is 6. The van der Waals surface area contributed by atoms with Crippen molar-refractivity contribution < 1.29 is 86.4 Å². The highest BCUT2D eigenvalue weighted by atomic mass is 16.6. The van der Waals surface area contributed by atoms with Gasteiger partial charge in [0, 0.05) is 119 Å². The van der Waals surface area contributed by atoms with Crippen molar-refractivity contribution in [1.29, 1.82) is 0 Å². The molecule has 0 fully saturated rings. The van der Waals surface area contributed by atoms with Crippen LogP contribution in [0.2, 0.25) is 0 Å². The molecule has 0 aliphatic carbocycles. The first-order chi connectivity index (χ1) is 45.2. The highest BCUT2D eigenvalue weighted by molar-refractivity contribution is 5.99. The number of carboxylic acids is 2. The molecule has 3 heterocycles. The molecule has 7 rings (SSSR count). The van der Waals surface area contributed by atoms with Gasteiger partial charge in [-0.2, -0.15) is 0 Å². The number of carboxylic acid groups (broad SMARTS) is 2. The zero-order valence-electron chi connectivity index (χ0n) is 54.0. The van der Waals surface area contributed by atoms with E-state index in [0.29, 0.717) is 133 Å². The van der Waals surface area contributed by atoms with Gasteiger partial charge in [0.1, 0.15) is 34.7 Å². The number of aliphatic carboxylic acids is 2. The molecule has 2 aliphatic heterocycles. The largest absolute Gasteiger partial charge is 0.481 e. The number of nitrogens with one attached hydrogen (secondary N) is 6. The van der Waals surface area contributed by atoms with Crippen molar-refractivity contribution >= 4 is 93.1 Å². The minimum absolute atomic E-state index is 0.0255. The maximum absolute atomic E-state index is 13.7. The average molecular weight is 1310 g/mol. The second-order valence-corrected chi connectivity index (χ2v) is 23.7. The zero-order valence-corrected chi connectivity index (χ0v) is 54.0. The summed E-state index contributed by atoms with van der Waals surface area (Å²) in [5, 5.41) is 34.4. The number of benzene rings is 4. The van der Waals surface area contributed by atoms with Crippen LogP contribution in [0, 0.1) is 6.92 Å². The van der Waals surface area contributed by atoms with Gasteiger partial charge in [-0.15, -0.1) is 0 Å². The first-order valence-corrected chi connectivity index (χ1v) is 31.7. The lowest BCUT2D eigenvalue weighted by atomic mass is 9.77. The standard InChI is InChI=1S/C47H54N4O12.C23H28N2O7/c1-28(52)14-19-43(57)48-22-8-6-12-37(50-29(2)53)39(55)24-31-15-17-35-41(26-31)62-42-27-32(16-18-36(42)47(35)34-11-5-4-10-33(34)46(61)63-47)25-40(56)38(51-30(3)54)13-7-9-23-49-44(58)20-21-45(59)60;1-14-12-22(30)32-20-13-16(8-10-18(14)20)25-23(31)19(24-15(2)26)7-5-3-4-6-17(27)9-11-21(28)29/h4-5,10-11,15-18,26-27,37-38H,6-9,12-14,19-25H2,1-3H3,(H,48,57)(H,49,58)(H,50,53)(H,51,54)(H,59,60);8,10,12-13,19H,3-7,9,11H2,1-2H3,(H,24,26)(H,25,31)(H,28,29)/t;19-/m.0/s1. The molecule has 0 radical (unpaired) electrons. The number of unbranched alkanes of at least 4 members (excludes halogenated alkanes) is 4. The average Bonchev–Trinajstić information content (AvgIpc) is 1.62. The molecule has 95 heavy (non-hydrogen) atoms. The number of carbonyl (C=O) groups excluding carboxylic acids is 11. The molecule has 25 heteroatoms. The second kappa shape index (κ2) is 35.7. The number of rotatable bonds is 36. The number of hydrogen-bond donors (Lipinski definition) is 8. The number of ketones is 4. The van der Waals surface area contributed by atoms with E-state index < -0.39 is 53.2 Å². The second-order valence-electron chi connectivity index (χ2n) is 23.7. The van der Waals surface area contributed by atoms with Gasteiger partial charge in [0.05, 0.1) is 30.5 Å². The third kappa shape index (κ3) is 22.5. The zero-order chi connectivity index (χ0) is 69.4. The lowest BCUT2D eigenvalue weighted by Gasteiger charge is -2.37. The molecule has 0 saturated carbocycles. The maximum Gasteiger partial charge on any atom is 0.340 e. The van der Waals surface area contributed by atoms with Crippen molar-refractivity contribution in [2.45, 2.75) is 180 Å². The van der Waals surface area contributed by atoms with Crippen molar-refractivity contribution in [2.75, 3.05) is 18.4 Å². The van der Waals surface area contributed by atoms with Gasteiger partial charge in [0.15, 0.2) is 17.2 Å². The number of Topliss-reactive ketones (excluding diaryl/α,β-unsaturated/α-hetero) is 4. The van der Waals surface area contributed by atoms with Crippen LogP contribution in [0.15, 0.2) is 94.1 Å². The van der Waals surface area contributed by atoms with Gasteiger partial charge in [-0.05, 0) is 112 Å². The molecule has 3 unspecified atom stereocenters. The minimum atomic E-state index is -1.41. The summed E-state index contributed by atoms with van der Waals surface area (Å²) in [5.74, 6) is -4.71. The van der Waals surface area contributed by atoms with Gasteiger partial charge in [-0.3, -0.25) is 52.7 Å². The fraction of sp³-hybridized carbons (Fsp3) is 0.429. The van der Waals surface area contributed by atoms with Crippen LogP contribution in [-0.2, 0) is 80.7 Å². The van der Waals surface area contributed by atoms with Gasteiger partial charge in [-0.1, -0.05) is 55.3 Å². The molecule has 8 N–H and O–H groups in total. The Hall–Kier alpha value is -10.2. The van der Waals surface area contributed by atoms with Gasteiger partial charge in [0.25, 0.3) is 0 Å². The van der Waals surface area contributed by atoms with Crippen LogP contribution in [0.1, 0.15) is 181 Å². The van der Waals surface area contributed by atoms with Gasteiger partial charge in [0.2, 0.25) is 35.4 Å². The highest BCUT2D eigenvalue weighted by Crippen LogP contribution is 2.56. The normalized spacial score (nSPS) is 14.1. The van der Waals surface area contributed by atoms with Crippen molar-refractivity contribution in [3.05, 3.63) is 134 Å². The number of esters is 1. The van der Waals surface area contributed by atoms with Crippen LogP contribution in [0.5, 0.6) is 11.5 Å². The van der Waals surface area contributed by atoms with Crippen LogP contribution in [0.4, 0.5) is 5.69 Å². The number of aryl methyl sites for hydroxylation is 1. The summed E-state index contributed by atoms with van der Waals surface area (Å²) in [6, 6.07) is 21.5. The SMILES string of the molecule is CC(=O)CCC(=O)NCCCCC(NC(C)=O)C(=O)Cc1ccc2c(c1)Oc1cc(CC(=O)C(CCCCNC(=O)CCC(=O)O)NC(C)=O)ccc1C21OC(=O)c2ccccc21.CC(=O)N[C@@H](CCCCCC(=O)CCC(=O)O)C(=O)Nc1ccc2c(C)cc(=O)oc2c1. The molecule has 5 aromatic rings. The Labute approximate surface area is 548 Å². The fourth-order valence-corrected chi connectivity index (χ4v) is 11.2. The van der Waals surface area contributed by atoms with E-state index in [2.05, 4.69) is 31.9 Å². The van der Waals surface area contributed by atoms with E-state index in [1.54, 1.807) is 79.7 Å². The first kappa shape index (κ1) is 73.8. The summed E-state index contributed by atoms with van der Waals surface area (Å²) in [4.78, 5) is 169. The van der Waals surface area contributed by atoms with E-state index in [-0.39, 0.29) is 111 Å². The minimum Gasteiger partial charge on any atom is -0.481 e. The molecular weight excluding hydrogens is 1230 g/mol. The van der Waals surface area contributed by atoms with Crippen LogP contribution in [0.25, 0.3) is 11.0 Å². The van der Waals surface area contributed by atoms with Crippen LogP contribution in [0.3, 0.4) is 0 Å². The molecule has 0 bridgehead atoms. The monoisotopic (exact) mass is 1310 g/mol. The lowest BCUT2D eigenvalue weighted by molar-refractivity contribution is -0.139. The summed E-state index contributed by atoms with van der Waals surface area (Å²) in [5.41, 5.74) is 2.85. The van der Waals surface area contributed by atoms with E-state index in [1.807, 2.05) is 6.07 Å². The van der Waals surface area contributed by atoms with E-state index in [1.165, 1.54) is 33.8 Å². The molecule has 506 valence electrons. The Kier molecular flexibility index (Phi) is 27.8. The molecule has 1 aromatic heterocycles. The van der Waals surface area contributed by atoms with Crippen molar-refractivity contribution in [3.8, 4) is 11.5 Å². The van der Waals surface area contributed by atoms with Crippen molar-refractivity contribution in [3.63, 3.8) is 0 Å². The topological polar surface area (TPSA) is 383 Å². The summed E-state index contributed by atoms with van der Waals surface area (Å²) < 4.78 is 18.0. The van der Waals surface area contributed by atoms with Crippen LogP contribution < -0.4 is 42.3 Å². The van der Waals surface area contributed by atoms with Gasteiger partial charge >= 0.3 is 23.5 Å². The van der Waals surface area contributed by atoms with E-state index in [9.17, 15) is 67.1 Å². The molecule has 6 amide bonds. The first-order valence-electron chi connectivity index (χ1n) is 31.7. The van der Waals surface area contributed by atoms with E-state index in [4.69, 9.17) is 24.1 Å². The molecule has 0 saturated heterocycles. The summed E-state index contributed by atoms with van der Waals surface area (Å²) >= 11 is 0. The van der Waals surface area contributed by atoms with E-state index in [0.717, 1.165) is 10.9 Å². The van der Waals surface area contributed by atoms with Gasteiger partial charge in [-0.25, -0.2) is 9.59 Å². The van der Waals surface area contributed by atoms with Crippen LogP contribution >= 0.6 is 0 Å². The fourth-order valence-electron chi connectivity index (χ4n) is 11.2. The predicted molar refractivity (Wildman–Crippen MR) is 346 cm³/mol. The third-order valence-corrected chi connectivity index (χ3v) is 15.9. The number of anilines is 1. The summed E-state index contributed by atoms with van der Waals surface area (Å²) in [7, 11) is 0. The smallest absolute Gasteiger partial charge is 0.340 e. The molecule has 4 atom stereocenters. The van der Waals surface area contributed by atoms with Crippen molar-refractivity contribution in [1.82, 2.24) is 26.6 Å². The highest BCUT2D eigenvalue weighted by Gasteiger charge is 2.53. The Morgan fingerprint density at radius 2 is 1.03 bits per heavy atom. The summed E-state index contributed by atoms with van der Waals surface area (Å²) in [6.45, 7) is 7.86. The molecule has 2 aliphatic rings. The molecule has 25 nitrogen and oxygen atoms in total. The summed E-state index contributed by atoms with van der Waals surface area (Å²) in [6.07, 6.45) is 4.90. The lowest BCUT2D eigenvalue weighted by Crippen LogP contribution is -2.42. The van der Waals surface area contributed by atoms with Crippen molar-refractivity contribution in [2.24, 2.45) is 0 Å². The Morgan fingerprint density at radius 3 is 1.58 bits per heavy atom. The van der Waals surface area contributed by atoms with E-state index >= 15 is 0 Å². The molecule has 1 spiro atoms. The number of ether oxygens (including phenoxy) is 2.